The van der Waals surface area contributed by atoms with Crippen molar-refractivity contribution in [1.82, 2.24) is 19.9 Å². The lowest BCUT2D eigenvalue weighted by Gasteiger charge is -2.35. The maximum Gasteiger partial charge on any atom is 0.356 e. The summed E-state index contributed by atoms with van der Waals surface area (Å²) in [5, 5.41) is 9.69. The molecule has 0 unspecified atom stereocenters. The highest BCUT2D eigenvalue weighted by atomic mass is 35.5. The minimum Gasteiger partial charge on any atom is -0.476 e. The summed E-state index contributed by atoms with van der Waals surface area (Å²) in [6.45, 7) is 2.06. The molecule has 1 N–H and O–H groups in total. The fourth-order valence-corrected chi connectivity index (χ4v) is 2.61. The van der Waals surface area contributed by atoms with E-state index in [1.54, 1.807) is 17.2 Å². The topological polar surface area (TPSA) is 99.5 Å². The van der Waals surface area contributed by atoms with Crippen molar-refractivity contribution in [3.8, 4) is 0 Å². The van der Waals surface area contributed by atoms with Gasteiger partial charge in [-0.2, -0.15) is 0 Å². The summed E-state index contributed by atoms with van der Waals surface area (Å²) in [5.41, 5.74) is -0.465. The number of pyridine rings is 1. The molecule has 2 aromatic heterocycles. The van der Waals surface area contributed by atoms with Gasteiger partial charge in [-0.15, -0.1) is 0 Å². The Labute approximate surface area is 142 Å². The number of carboxylic acids is 1. The van der Waals surface area contributed by atoms with Crippen LogP contribution in [0.1, 0.15) is 21.0 Å². The Kier molecular flexibility index (Phi) is 4.57. The minimum absolute atomic E-state index is 0.136. The van der Waals surface area contributed by atoms with Gasteiger partial charge in [-0.3, -0.25) is 4.79 Å². The Morgan fingerprint density at radius 1 is 1.00 bits per heavy atom. The number of hydrogen-bond acceptors (Lipinski definition) is 6. The van der Waals surface area contributed by atoms with E-state index in [9.17, 15) is 9.59 Å². The average molecular weight is 348 g/mol. The molecule has 0 bridgehead atoms. The number of hydrogen-bond donors (Lipinski definition) is 1. The highest BCUT2D eigenvalue weighted by Crippen LogP contribution is 2.17. The smallest absolute Gasteiger partial charge is 0.356 e. The Morgan fingerprint density at radius 2 is 1.67 bits per heavy atom. The molecule has 9 heteroatoms. The summed E-state index contributed by atoms with van der Waals surface area (Å²) in [6, 6.07) is 3.59. The van der Waals surface area contributed by atoms with E-state index in [-0.39, 0.29) is 11.4 Å². The van der Waals surface area contributed by atoms with E-state index in [0.717, 1.165) is 5.82 Å². The van der Waals surface area contributed by atoms with Gasteiger partial charge in [0.05, 0.1) is 5.02 Å². The first-order valence-electron chi connectivity index (χ1n) is 7.26. The summed E-state index contributed by atoms with van der Waals surface area (Å²) < 4.78 is 0. The van der Waals surface area contributed by atoms with Crippen molar-refractivity contribution >= 4 is 29.3 Å². The monoisotopic (exact) mass is 347 g/mol. The fraction of sp³-hybridized carbons (Fsp3) is 0.267. The number of nitrogens with zero attached hydrogens (tertiary/aromatic N) is 5. The predicted octanol–water partition coefficient (Wildman–Crippen LogP) is 1.19. The van der Waals surface area contributed by atoms with Gasteiger partial charge < -0.3 is 14.9 Å². The van der Waals surface area contributed by atoms with Crippen LogP contribution in [-0.2, 0) is 0 Å². The molecule has 0 aliphatic carbocycles. The lowest BCUT2D eigenvalue weighted by molar-refractivity contribution is 0.0663. The van der Waals surface area contributed by atoms with Gasteiger partial charge >= 0.3 is 5.97 Å². The highest BCUT2D eigenvalue weighted by molar-refractivity contribution is 6.30. The molecule has 3 rings (SSSR count). The Balaban J connectivity index is 1.69. The Bertz CT molecular complexity index is 760. The third kappa shape index (κ3) is 3.28. The van der Waals surface area contributed by atoms with E-state index in [1.807, 2.05) is 11.0 Å². The third-order valence-corrected chi connectivity index (χ3v) is 3.93. The first-order chi connectivity index (χ1) is 11.6. The molecular weight excluding hydrogens is 334 g/mol. The number of anilines is 1. The molecule has 1 saturated heterocycles. The fourth-order valence-electron chi connectivity index (χ4n) is 2.49. The maximum atomic E-state index is 12.5. The molecule has 0 aromatic carbocycles. The SMILES string of the molecule is O=C(O)c1nccnc1C(=O)N1CCN(c2ccc(Cl)cn2)CC1. The molecule has 0 radical (unpaired) electrons. The normalized spacial score (nSPS) is 14.5. The molecule has 0 spiro atoms. The summed E-state index contributed by atoms with van der Waals surface area (Å²) in [7, 11) is 0. The van der Waals surface area contributed by atoms with E-state index in [4.69, 9.17) is 16.7 Å². The predicted molar refractivity (Wildman–Crippen MR) is 86.4 cm³/mol. The average Bonchev–Trinajstić information content (AvgIpc) is 2.62. The number of carboxylic acid groups (broad SMARTS) is 1. The van der Waals surface area contributed by atoms with Crippen LogP contribution >= 0.6 is 11.6 Å². The quantitative estimate of drug-likeness (QED) is 0.890. The summed E-state index contributed by atoms with van der Waals surface area (Å²) in [6.07, 6.45) is 4.14. The van der Waals surface area contributed by atoms with Gasteiger partial charge in [-0.1, -0.05) is 11.6 Å². The molecule has 2 aromatic rings. The number of aromatic carboxylic acids is 1. The molecule has 24 heavy (non-hydrogen) atoms. The van der Waals surface area contributed by atoms with Crippen LogP contribution in [0.15, 0.2) is 30.7 Å². The second kappa shape index (κ2) is 6.79. The molecule has 0 saturated carbocycles. The van der Waals surface area contributed by atoms with E-state index >= 15 is 0 Å². The summed E-state index contributed by atoms with van der Waals surface area (Å²) in [5.74, 6) is -0.906. The van der Waals surface area contributed by atoms with Gasteiger partial charge in [0.2, 0.25) is 0 Å². The number of amides is 1. The van der Waals surface area contributed by atoms with Crippen LogP contribution in [0.4, 0.5) is 5.82 Å². The van der Waals surface area contributed by atoms with Gasteiger partial charge in [0.1, 0.15) is 5.82 Å². The third-order valence-electron chi connectivity index (χ3n) is 3.71. The van der Waals surface area contributed by atoms with Gasteiger partial charge in [0, 0.05) is 44.8 Å². The molecule has 1 aliphatic heterocycles. The van der Waals surface area contributed by atoms with Crippen LogP contribution in [0.25, 0.3) is 0 Å². The van der Waals surface area contributed by atoms with Gasteiger partial charge in [-0.05, 0) is 12.1 Å². The van der Waals surface area contributed by atoms with Gasteiger partial charge in [0.25, 0.3) is 5.91 Å². The van der Waals surface area contributed by atoms with E-state index in [2.05, 4.69) is 15.0 Å². The molecule has 124 valence electrons. The molecule has 1 amide bonds. The standard InChI is InChI=1S/C15H14ClN5O3/c16-10-1-2-11(19-9-10)20-5-7-21(8-6-20)14(22)12-13(15(23)24)18-4-3-17-12/h1-4,9H,5-8H2,(H,23,24). The van der Waals surface area contributed by atoms with E-state index in [1.165, 1.54) is 12.4 Å². The number of aromatic nitrogens is 3. The van der Waals surface area contributed by atoms with Crippen molar-refractivity contribution in [2.24, 2.45) is 0 Å². The first-order valence-corrected chi connectivity index (χ1v) is 7.64. The van der Waals surface area contributed by atoms with Crippen molar-refractivity contribution in [2.75, 3.05) is 31.1 Å². The Morgan fingerprint density at radius 3 is 2.25 bits per heavy atom. The molecule has 1 aliphatic rings. The molecule has 3 heterocycles. The van der Waals surface area contributed by atoms with Crippen LogP contribution in [-0.4, -0.2) is 63.0 Å². The largest absolute Gasteiger partial charge is 0.476 e. The highest BCUT2D eigenvalue weighted by Gasteiger charge is 2.27. The van der Waals surface area contributed by atoms with Crippen molar-refractivity contribution in [3.63, 3.8) is 0 Å². The maximum absolute atomic E-state index is 12.5. The Hall–Kier alpha value is -2.74. The zero-order valence-corrected chi connectivity index (χ0v) is 13.3. The van der Waals surface area contributed by atoms with Crippen molar-refractivity contribution in [3.05, 3.63) is 47.1 Å². The van der Waals surface area contributed by atoms with Crippen molar-refractivity contribution in [1.29, 1.82) is 0 Å². The van der Waals surface area contributed by atoms with Crippen LogP contribution in [0.2, 0.25) is 5.02 Å². The van der Waals surface area contributed by atoms with E-state index in [0.29, 0.717) is 31.2 Å². The van der Waals surface area contributed by atoms with Crippen LogP contribution in [0.5, 0.6) is 0 Å². The number of carbonyl (C=O) groups excluding carboxylic acids is 1. The summed E-state index contributed by atoms with van der Waals surface area (Å²) in [4.78, 5) is 39.2. The van der Waals surface area contributed by atoms with Gasteiger partial charge in [0.15, 0.2) is 11.4 Å². The van der Waals surface area contributed by atoms with Crippen molar-refractivity contribution in [2.45, 2.75) is 0 Å². The zero-order chi connectivity index (χ0) is 17.1. The molecule has 8 nitrogen and oxygen atoms in total. The molecular formula is C15H14ClN5O3. The second-order valence-corrected chi connectivity index (χ2v) is 5.61. The number of rotatable bonds is 3. The number of piperazine rings is 1. The summed E-state index contributed by atoms with van der Waals surface area (Å²) >= 11 is 5.83. The molecule has 1 fully saturated rings. The van der Waals surface area contributed by atoms with Crippen molar-refractivity contribution < 1.29 is 14.7 Å². The lowest BCUT2D eigenvalue weighted by atomic mass is 10.2. The zero-order valence-electron chi connectivity index (χ0n) is 12.6. The molecule has 0 atom stereocenters. The van der Waals surface area contributed by atoms with Crippen LogP contribution in [0, 0.1) is 0 Å². The van der Waals surface area contributed by atoms with Gasteiger partial charge in [-0.25, -0.2) is 19.7 Å². The van der Waals surface area contributed by atoms with Crippen LogP contribution in [0.3, 0.4) is 0 Å². The lowest BCUT2D eigenvalue weighted by Crippen LogP contribution is -2.49. The number of carbonyl (C=O) groups is 2. The first kappa shape index (κ1) is 16.1. The van der Waals surface area contributed by atoms with E-state index < -0.39 is 11.9 Å². The number of halogens is 1. The van der Waals surface area contributed by atoms with Crippen LogP contribution < -0.4 is 4.90 Å². The second-order valence-electron chi connectivity index (χ2n) is 5.17. The minimum atomic E-state index is -1.27.